The van der Waals surface area contributed by atoms with Gasteiger partial charge in [0, 0.05) is 0 Å². The van der Waals surface area contributed by atoms with Crippen LogP contribution in [-0.2, 0) is 6.42 Å². The molecule has 0 aromatic heterocycles. The molecule has 4 heteroatoms. The highest BCUT2D eigenvalue weighted by atomic mass is 19.2. The van der Waals surface area contributed by atoms with Gasteiger partial charge in [0.05, 0.1) is 6.10 Å². The molecule has 0 aliphatic rings. The molecule has 0 amide bonds. The van der Waals surface area contributed by atoms with E-state index >= 15 is 0 Å². The summed E-state index contributed by atoms with van der Waals surface area (Å²) in [6.07, 6.45) is 2.61. The maximum absolute atomic E-state index is 13.3. The van der Waals surface area contributed by atoms with Crippen LogP contribution in [0.4, 0.5) is 13.2 Å². The molecule has 0 saturated carbocycles. The zero-order valence-electron chi connectivity index (χ0n) is 9.85. The highest BCUT2D eigenvalue weighted by Gasteiger charge is 2.14. The number of unbranched alkanes of at least 4 members (excludes halogenated alkanes) is 1. The molecule has 0 saturated heterocycles. The fraction of sp³-hybridized carbons (Fsp3) is 0.538. The van der Waals surface area contributed by atoms with Crippen molar-refractivity contribution in [1.29, 1.82) is 0 Å². The SMILES string of the molecule is CCCCC(O)CCc1ccc(F)c(F)c1F. The lowest BCUT2D eigenvalue weighted by Gasteiger charge is -2.10. The zero-order valence-corrected chi connectivity index (χ0v) is 9.85. The van der Waals surface area contributed by atoms with Gasteiger partial charge in [-0.05, 0) is 30.9 Å². The van der Waals surface area contributed by atoms with E-state index in [-0.39, 0.29) is 12.0 Å². The molecule has 0 radical (unpaired) electrons. The van der Waals surface area contributed by atoms with E-state index in [4.69, 9.17) is 0 Å². The van der Waals surface area contributed by atoms with Gasteiger partial charge < -0.3 is 5.11 Å². The number of aliphatic hydroxyl groups is 1. The standard InChI is InChI=1S/C13H17F3O/c1-2-3-4-10(17)7-5-9-6-8-11(14)13(16)12(9)15/h6,8,10,17H,2-5,7H2,1H3. The molecule has 1 rings (SSSR count). The molecule has 96 valence electrons. The van der Waals surface area contributed by atoms with E-state index < -0.39 is 23.6 Å². The van der Waals surface area contributed by atoms with Crippen LogP contribution in [0.1, 0.15) is 38.2 Å². The Bertz CT molecular complexity index is 366. The van der Waals surface area contributed by atoms with Gasteiger partial charge in [-0.15, -0.1) is 0 Å². The molecule has 0 heterocycles. The second kappa shape index (κ2) is 6.64. The lowest BCUT2D eigenvalue weighted by atomic mass is 10.0. The van der Waals surface area contributed by atoms with Crippen LogP contribution < -0.4 is 0 Å². The first kappa shape index (κ1) is 14.0. The summed E-state index contributed by atoms with van der Waals surface area (Å²) in [4.78, 5) is 0. The summed E-state index contributed by atoms with van der Waals surface area (Å²) in [6.45, 7) is 2.02. The van der Waals surface area contributed by atoms with Crippen LogP contribution in [-0.4, -0.2) is 11.2 Å². The second-order valence-corrected chi connectivity index (χ2v) is 4.17. The number of aryl methyl sites for hydroxylation is 1. The summed E-state index contributed by atoms with van der Waals surface area (Å²) in [5, 5.41) is 9.57. The van der Waals surface area contributed by atoms with E-state index in [0.29, 0.717) is 12.8 Å². The Balaban J connectivity index is 2.55. The van der Waals surface area contributed by atoms with Crippen molar-refractivity contribution in [3.05, 3.63) is 35.1 Å². The largest absolute Gasteiger partial charge is 0.393 e. The van der Waals surface area contributed by atoms with Crippen LogP contribution in [0, 0.1) is 17.5 Å². The smallest absolute Gasteiger partial charge is 0.194 e. The Morgan fingerprint density at radius 3 is 2.47 bits per heavy atom. The highest BCUT2D eigenvalue weighted by molar-refractivity contribution is 5.20. The van der Waals surface area contributed by atoms with Crippen LogP contribution in [0.15, 0.2) is 12.1 Å². The maximum Gasteiger partial charge on any atom is 0.194 e. The summed E-state index contributed by atoms with van der Waals surface area (Å²) in [5.41, 5.74) is 0.111. The molecular formula is C13H17F3O. The third-order valence-electron chi connectivity index (χ3n) is 2.75. The topological polar surface area (TPSA) is 20.2 Å². The molecule has 0 aliphatic carbocycles. The van der Waals surface area contributed by atoms with Crippen molar-refractivity contribution >= 4 is 0 Å². The van der Waals surface area contributed by atoms with Crippen molar-refractivity contribution in [2.24, 2.45) is 0 Å². The molecule has 0 spiro atoms. The highest BCUT2D eigenvalue weighted by Crippen LogP contribution is 2.18. The number of aliphatic hydroxyl groups excluding tert-OH is 1. The van der Waals surface area contributed by atoms with E-state index in [2.05, 4.69) is 0 Å². The van der Waals surface area contributed by atoms with E-state index in [1.54, 1.807) is 0 Å². The van der Waals surface area contributed by atoms with Crippen molar-refractivity contribution < 1.29 is 18.3 Å². The maximum atomic E-state index is 13.3. The van der Waals surface area contributed by atoms with Gasteiger partial charge in [-0.2, -0.15) is 0 Å². The average molecular weight is 246 g/mol. The molecule has 1 aromatic rings. The minimum absolute atomic E-state index is 0.111. The van der Waals surface area contributed by atoms with E-state index in [1.807, 2.05) is 6.92 Å². The predicted octanol–water partition coefficient (Wildman–Crippen LogP) is 3.59. The van der Waals surface area contributed by atoms with E-state index in [9.17, 15) is 18.3 Å². The normalized spacial score (nSPS) is 12.8. The minimum Gasteiger partial charge on any atom is -0.393 e. The molecular weight excluding hydrogens is 229 g/mol. The molecule has 1 N–H and O–H groups in total. The van der Waals surface area contributed by atoms with Crippen LogP contribution >= 0.6 is 0 Å². The summed E-state index contributed by atoms with van der Waals surface area (Å²) in [6, 6.07) is 2.13. The van der Waals surface area contributed by atoms with Crippen LogP contribution in [0.2, 0.25) is 0 Å². The first-order chi connectivity index (χ1) is 8.06. The molecule has 17 heavy (non-hydrogen) atoms. The molecule has 0 bridgehead atoms. The van der Waals surface area contributed by atoms with Crippen molar-refractivity contribution in [3.63, 3.8) is 0 Å². The number of rotatable bonds is 6. The van der Waals surface area contributed by atoms with Gasteiger partial charge in [0.1, 0.15) is 0 Å². The first-order valence-electron chi connectivity index (χ1n) is 5.86. The van der Waals surface area contributed by atoms with Crippen molar-refractivity contribution in [3.8, 4) is 0 Å². The number of benzene rings is 1. The van der Waals surface area contributed by atoms with Gasteiger partial charge in [0.15, 0.2) is 17.5 Å². The Hall–Kier alpha value is -1.03. The summed E-state index contributed by atoms with van der Waals surface area (Å²) in [5.74, 6) is -3.77. The van der Waals surface area contributed by atoms with Crippen LogP contribution in [0.5, 0.6) is 0 Å². The lowest BCUT2D eigenvalue weighted by Crippen LogP contribution is -2.09. The Morgan fingerprint density at radius 2 is 1.82 bits per heavy atom. The van der Waals surface area contributed by atoms with E-state index in [0.717, 1.165) is 18.9 Å². The predicted molar refractivity (Wildman–Crippen MR) is 60.2 cm³/mol. The number of hydrogen-bond donors (Lipinski definition) is 1. The molecule has 1 nitrogen and oxygen atoms in total. The molecule has 0 aliphatic heterocycles. The van der Waals surface area contributed by atoms with Crippen molar-refractivity contribution in [1.82, 2.24) is 0 Å². The number of hydrogen-bond acceptors (Lipinski definition) is 1. The van der Waals surface area contributed by atoms with Gasteiger partial charge in [-0.1, -0.05) is 25.8 Å². The van der Waals surface area contributed by atoms with Gasteiger partial charge in [0.25, 0.3) is 0 Å². The van der Waals surface area contributed by atoms with Gasteiger partial charge in [0.2, 0.25) is 0 Å². The quantitative estimate of drug-likeness (QED) is 0.760. The van der Waals surface area contributed by atoms with Crippen LogP contribution in [0.25, 0.3) is 0 Å². The molecule has 1 atom stereocenters. The summed E-state index contributed by atoms with van der Waals surface area (Å²) < 4.78 is 38.8. The molecule has 1 aromatic carbocycles. The first-order valence-corrected chi connectivity index (χ1v) is 5.86. The minimum atomic E-state index is -1.44. The van der Waals surface area contributed by atoms with Crippen molar-refractivity contribution in [2.45, 2.75) is 45.1 Å². The van der Waals surface area contributed by atoms with E-state index in [1.165, 1.54) is 6.07 Å². The molecule has 0 fully saturated rings. The van der Waals surface area contributed by atoms with Gasteiger partial charge in [-0.25, -0.2) is 13.2 Å². The third kappa shape index (κ3) is 4.04. The lowest BCUT2D eigenvalue weighted by molar-refractivity contribution is 0.151. The Labute approximate surface area is 99.3 Å². The third-order valence-corrected chi connectivity index (χ3v) is 2.75. The fourth-order valence-corrected chi connectivity index (χ4v) is 1.67. The summed E-state index contributed by atoms with van der Waals surface area (Å²) in [7, 11) is 0. The average Bonchev–Trinajstić information content (AvgIpc) is 2.32. The Kier molecular flexibility index (Phi) is 5.48. The zero-order chi connectivity index (χ0) is 12.8. The Morgan fingerprint density at radius 1 is 1.12 bits per heavy atom. The van der Waals surface area contributed by atoms with Gasteiger partial charge >= 0.3 is 0 Å². The molecule has 1 unspecified atom stereocenters. The monoisotopic (exact) mass is 246 g/mol. The fourth-order valence-electron chi connectivity index (χ4n) is 1.67. The second-order valence-electron chi connectivity index (χ2n) is 4.17. The van der Waals surface area contributed by atoms with Crippen LogP contribution in [0.3, 0.4) is 0 Å². The number of halogens is 3. The van der Waals surface area contributed by atoms with Crippen molar-refractivity contribution in [2.75, 3.05) is 0 Å². The van der Waals surface area contributed by atoms with Gasteiger partial charge in [-0.3, -0.25) is 0 Å². The summed E-state index contributed by atoms with van der Waals surface area (Å²) >= 11 is 0.